The molecule has 6 nitrogen and oxygen atoms in total. The minimum atomic E-state index is -1.94. The molecule has 0 amide bonds. The van der Waals surface area contributed by atoms with Crippen LogP contribution in [0.3, 0.4) is 0 Å². The van der Waals surface area contributed by atoms with Gasteiger partial charge in [0.15, 0.2) is 6.10 Å². The Hall–Kier alpha value is -1.24. The van der Waals surface area contributed by atoms with E-state index in [1.54, 1.807) is 6.92 Å². The number of nitro benzene ring substituents is 1. The van der Waals surface area contributed by atoms with Crippen molar-refractivity contribution in [1.29, 1.82) is 0 Å². The molecule has 20 heavy (non-hydrogen) atoms. The van der Waals surface area contributed by atoms with Gasteiger partial charge in [-0.05, 0) is 24.6 Å². The third kappa shape index (κ3) is 4.70. The van der Waals surface area contributed by atoms with Crippen LogP contribution in [0.25, 0.3) is 0 Å². The number of halogens is 3. The van der Waals surface area contributed by atoms with Gasteiger partial charge in [0.05, 0.1) is 11.5 Å². The Bertz CT molecular complexity index is 486. The molecule has 0 N–H and O–H groups in total. The predicted molar refractivity (Wildman–Crippen MR) is 74.2 cm³/mol. The number of nitro groups is 1. The van der Waals surface area contributed by atoms with Crippen LogP contribution < -0.4 is 0 Å². The van der Waals surface area contributed by atoms with Crippen LogP contribution in [0.4, 0.5) is 10.5 Å². The maximum absolute atomic E-state index is 11.3. The van der Waals surface area contributed by atoms with E-state index in [0.29, 0.717) is 5.56 Å². The topological polar surface area (TPSA) is 78.7 Å². The van der Waals surface area contributed by atoms with Gasteiger partial charge in [-0.3, -0.25) is 10.1 Å². The number of carbonyl (C=O) groups excluding carboxylic acids is 1. The molecule has 9 heteroatoms. The zero-order valence-corrected chi connectivity index (χ0v) is 12.5. The van der Waals surface area contributed by atoms with Crippen LogP contribution in [0.15, 0.2) is 24.3 Å². The first-order chi connectivity index (χ1) is 9.25. The van der Waals surface area contributed by atoms with E-state index in [4.69, 9.17) is 39.5 Å². The normalized spacial score (nSPS) is 12.6. The van der Waals surface area contributed by atoms with Crippen molar-refractivity contribution < 1.29 is 19.2 Å². The summed E-state index contributed by atoms with van der Waals surface area (Å²) in [6, 6.07) is 5.11. The third-order valence-electron chi connectivity index (χ3n) is 2.18. The first kappa shape index (κ1) is 16.8. The molecule has 0 aliphatic carbocycles. The molecule has 0 aliphatic heterocycles. The van der Waals surface area contributed by atoms with E-state index in [1.807, 2.05) is 0 Å². The second-order valence-corrected chi connectivity index (χ2v) is 5.94. The molecule has 0 aromatic heterocycles. The monoisotopic (exact) mass is 341 g/mol. The Labute approximate surface area is 129 Å². The van der Waals surface area contributed by atoms with Crippen LogP contribution in [0.2, 0.25) is 0 Å². The number of rotatable bonds is 4. The SMILES string of the molecule is CCOC(=O)OC(c1ccc([N+](=O)[O-])cc1)C(Cl)(Cl)Cl. The van der Waals surface area contributed by atoms with Crippen LogP contribution >= 0.6 is 34.8 Å². The van der Waals surface area contributed by atoms with Crippen molar-refractivity contribution in [2.75, 3.05) is 6.61 Å². The lowest BCUT2D eigenvalue weighted by atomic mass is 10.1. The summed E-state index contributed by atoms with van der Waals surface area (Å²) in [7, 11) is 0. The van der Waals surface area contributed by atoms with Crippen LogP contribution in [-0.4, -0.2) is 21.5 Å². The van der Waals surface area contributed by atoms with Crippen LogP contribution in [-0.2, 0) is 9.47 Å². The zero-order valence-electron chi connectivity index (χ0n) is 10.2. The van der Waals surface area contributed by atoms with Crippen molar-refractivity contribution >= 4 is 46.6 Å². The largest absolute Gasteiger partial charge is 0.509 e. The van der Waals surface area contributed by atoms with Crippen molar-refractivity contribution in [2.45, 2.75) is 16.8 Å². The fraction of sp³-hybridized carbons (Fsp3) is 0.364. The fourth-order valence-electron chi connectivity index (χ4n) is 1.34. The fourth-order valence-corrected chi connectivity index (χ4v) is 1.85. The quantitative estimate of drug-likeness (QED) is 0.355. The third-order valence-corrected chi connectivity index (χ3v) is 2.77. The molecule has 1 aromatic carbocycles. The molecule has 1 rings (SSSR count). The highest BCUT2D eigenvalue weighted by molar-refractivity contribution is 6.68. The van der Waals surface area contributed by atoms with Gasteiger partial charge in [-0.25, -0.2) is 4.79 Å². The van der Waals surface area contributed by atoms with E-state index in [9.17, 15) is 14.9 Å². The molecular formula is C11H10Cl3NO5. The van der Waals surface area contributed by atoms with Crippen molar-refractivity contribution in [1.82, 2.24) is 0 Å². The Morgan fingerprint density at radius 1 is 1.35 bits per heavy atom. The highest BCUT2D eigenvalue weighted by Crippen LogP contribution is 2.42. The molecule has 0 heterocycles. The van der Waals surface area contributed by atoms with Gasteiger partial charge in [-0.2, -0.15) is 0 Å². The molecule has 0 saturated carbocycles. The maximum atomic E-state index is 11.3. The molecule has 110 valence electrons. The lowest BCUT2D eigenvalue weighted by molar-refractivity contribution is -0.384. The molecule has 0 fully saturated rings. The second kappa shape index (κ2) is 6.97. The molecule has 1 atom stereocenters. The Kier molecular flexibility index (Phi) is 5.86. The minimum Gasteiger partial charge on any atom is -0.435 e. The van der Waals surface area contributed by atoms with Crippen LogP contribution in [0.1, 0.15) is 18.6 Å². The number of carbonyl (C=O) groups is 1. The summed E-state index contributed by atoms with van der Waals surface area (Å²) in [5.41, 5.74) is 0.164. The summed E-state index contributed by atoms with van der Waals surface area (Å²) < 4.78 is 7.58. The molecule has 1 unspecified atom stereocenters. The molecular weight excluding hydrogens is 332 g/mol. The summed E-state index contributed by atoms with van der Waals surface area (Å²) >= 11 is 17.2. The molecule has 0 radical (unpaired) electrons. The Morgan fingerprint density at radius 3 is 2.30 bits per heavy atom. The van der Waals surface area contributed by atoms with Gasteiger partial charge in [0.1, 0.15) is 0 Å². The van der Waals surface area contributed by atoms with Crippen molar-refractivity contribution in [3.05, 3.63) is 39.9 Å². The maximum Gasteiger partial charge on any atom is 0.509 e. The number of benzene rings is 1. The number of non-ortho nitro benzene ring substituents is 1. The summed E-state index contributed by atoms with van der Waals surface area (Å²) in [4.78, 5) is 21.3. The van der Waals surface area contributed by atoms with E-state index >= 15 is 0 Å². The standard InChI is InChI=1S/C11H10Cl3NO5/c1-2-19-10(16)20-9(11(12,13)14)7-3-5-8(6-4-7)15(17)18/h3-6,9H,2H2,1H3. The van der Waals surface area contributed by atoms with Gasteiger partial charge in [-0.1, -0.05) is 34.8 Å². The molecule has 1 aromatic rings. The van der Waals surface area contributed by atoms with E-state index < -0.39 is 21.0 Å². The summed E-state index contributed by atoms with van der Waals surface area (Å²) in [5, 5.41) is 10.6. The highest BCUT2D eigenvalue weighted by atomic mass is 35.6. The second-order valence-electron chi connectivity index (χ2n) is 3.57. The average molecular weight is 343 g/mol. The molecule has 0 aliphatic rings. The smallest absolute Gasteiger partial charge is 0.435 e. The number of nitrogens with zero attached hydrogens (tertiary/aromatic N) is 1. The number of ether oxygens (including phenoxy) is 2. The summed E-state index contributed by atoms with van der Waals surface area (Å²) in [5.74, 6) is 0. The zero-order chi connectivity index (χ0) is 15.3. The Balaban J connectivity index is 2.99. The van der Waals surface area contributed by atoms with Crippen molar-refractivity contribution in [2.24, 2.45) is 0 Å². The van der Waals surface area contributed by atoms with E-state index in [2.05, 4.69) is 4.74 Å². The van der Waals surface area contributed by atoms with Crippen molar-refractivity contribution in [3.63, 3.8) is 0 Å². The molecule has 0 saturated heterocycles. The van der Waals surface area contributed by atoms with E-state index in [1.165, 1.54) is 24.3 Å². The first-order valence-electron chi connectivity index (χ1n) is 5.40. The van der Waals surface area contributed by atoms with Gasteiger partial charge < -0.3 is 9.47 Å². The van der Waals surface area contributed by atoms with Crippen molar-refractivity contribution in [3.8, 4) is 0 Å². The molecule has 0 spiro atoms. The predicted octanol–water partition coefficient (Wildman–Crippen LogP) is 4.18. The van der Waals surface area contributed by atoms with Gasteiger partial charge in [0.2, 0.25) is 3.79 Å². The minimum absolute atomic E-state index is 0.103. The van der Waals surface area contributed by atoms with Gasteiger partial charge in [0.25, 0.3) is 5.69 Å². The van der Waals surface area contributed by atoms with Gasteiger partial charge in [-0.15, -0.1) is 0 Å². The van der Waals surface area contributed by atoms with E-state index in [-0.39, 0.29) is 12.3 Å². The summed E-state index contributed by atoms with van der Waals surface area (Å²) in [6.07, 6.45) is -2.24. The number of hydrogen-bond acceptors (Lipinski definition) is 5. The Morgan fingerprint density at radius 2 is 1.90 bits per heavy atom. The number of alkyl halides is 3. The lowest BCUT2D eigenvalue weighted by Gasteiger charge is -2.24. The van der Waals surface area contributed by atoms with Gasteiger partial charge >= 0.3 is 6.16 Å². The highest BCUT2D eigenvalue weighted by Gasteiger charge is 2.38. The number of hydrogen-bond donors (Lipinski definition) is 0. The van der Waals surface area contributed by atoms with Crippen LogP contribution in [0.5, 0.6) is 0 Å². The van der Waals surface area contributed by atoms with Crippen LogP contribution in [0, 0.1) is 10.1 Å². The van der Waals surface area contributed by atoms with E-state index in [0.717, 1.165) is 0 Å². The average Bonchev–Trinajstić information content (AvgIpc) is 2.35. The van der Waals surface area contributed by atoms with Gasteiger partial charge in [0, 0.05) is 12.1 Å². The summed E-state index contributed by atoms with van der Waals surface area (Å²) in [6.45, 7) is 1.70. The lowest BCUT2D eigenvalue weighted by Crippen LogP contribution is -2.24. The molecule has 0 bridgehead atoms. The first-order valence-corrected chi connectivity index (χ1v) is 6.53.